The number of halogens is 3. The molecule has 0 fully saturated rings. The molecule has 4 N–H and O–H groups in total. The quantitative estimate of drug-likeness (QED) is 0.843. The molecule has 0 aliphatic heterocycles. The Morgan fingerprint density at radius 1 is 1.54 bits per heavy atom. The lowest BCUT2D eigenvalue weighted by molar-refractivity contribution is 0.145. The number of rotatable bonds is 2. The molecule has 1 rings (SSSR count). The largest absolute Gasteiger partial charge is 0.397 e. The van der Waals surface area contributed by atoms with Crippen molar-refractivity contribution in [1.82, 2.24) is 4.98 Å². The van der Waals surface area contributed by atoms with Crippen molar-refractivity contribution in [3.8, 4) is 0 Å². The van der Waals surface area contributed by atoms with E-state index in [2.05, 4.69) is 20.9 Å². The van der Waals surface area contributed by atoms with Gasteiger partial charge in [0.1, 0.15) is 5.69 Å². The fourth-order valence-corrected chi connectivity index (χ4v) is 1.30. The van der Waals surface area contributed by atoms with Crippen LogP contribution in [0.15, 0.2) is 10.7 Å². The molecule has 0 aliphatic carbocycles. The first-order valence-electron chi connectivity index (χ1n) is 3.49. The van der Waals surface area contributed by atoms with E-state index in [1.165, 1.54) is 6.20 Å². The van der Waals surface area contributed by atoms with Gasteiger partial charge in [-0.05, 0) is 15.9 Å². The maximum Gasteiger partial charge on any atom is 0.280 e. The van der Waals surface area contributed by atoms with Crippen molar-refractivity contribution < 1.29 is 8.78 Å². The Hall–Kier alpha value is -0.750. The molecule has 0 aromatic carbocycles. The van der Waals surface area contributed by atoms with Crippen molar-refractivity contribution in [2.45, 2.75) is 13.0 Å². The van der Waals surface area contributed by atoms with Gasteiger partial charge in [-0.2, -0.15) is 0 Å². The Morgan fingerprint density at radius 3 is 2.62 bits per heavy atom. The number of nitrogens with zero attached hydrogens (tertiary/aromatic N) is 1. The van der Waals surface area contributed by atoms with Crippen LogP contribution in [0.1, 0.15) is 17.7 Å². The molecule has 1 aromatic heterocycles. The van der Waals surface area contributed by atoms with Crippen molar-refractivity contribution in [2.24, 2.45) is 5.73 Å². The average Bonchev–Trinajstić information content (AvgIpc) is 2.09. The number of hydrogen-bond acceptors (Lipinski definition) is 3. The van der Waals surface area contributed by atoms with Crippen LogP contribution in [0.4, 0.5) is 14.5 Å². The molecule has 0 aliphatic rings. The number of anilines is 1. The van der Waals surface area contributed by atoms with Crippen LogP contribution in [0, 0.1) is 0 Å². The van der Waals surface area contributed by atoms with E-state index >= 15 is 0 Å². The van der Waals surface area contributed by atoms with Crippen LogP contribution in [0.3, 0.4) is 0 Å². The number of aromatic nitrogens is 1. The molecule has 72 valence electrons. The van der Waals surface area contributed by atoms with E-state index in [4.69, 9.17) is 11.5 Å². The molecule has 13 heavy (non-hydrogen) atoms. The molecule has 0 saturated heterocycles. The summed E-state index contributed by atoms with van der Waals surface area (Å²) in [4.78, 5) is 3.55. The summed E-state index contributed by atoms with van der Waals surface area (Å²) >= 11 is 3.08. The molecule has 3 nitrogen and oxygen atoms in total. The van der Waals surface area contributed by atoms with Crippen LogP contribution in [0.2, 0.25) is 0 Å². The van der Waals surface area contributed by atoms with Crippen molar-refractivity contribution in [3.05, 3.63) is 21.9 Å². The van der Waals surface area contributed by atoms with E-state index in [0.717, 1.165) is 0 Å². The number of nitrogens with two attached hydrogens (primary N) is 2. The fourth-order valence-electron chi connectivity index (χ4n) is 0.958. The lowest BCUT2D eigenvalue weighted by atomic mass is 10.1. The van der Waals surface area contributed by atoms with Gasteiger partial charge in [-0.15, -0.1) is 0 Å². The predicted molar refractivity (Wildman–Crippen MR) is 49.2 cm³/mol. The minimum Gasteiger partial charge on any atom is -0.397 e. The van der Waals surface area contributed by atoms with Crippen LogP contribution in [-0.4, -0.2) is 4.98 Å². The van der Waals surface area contributed by atoms with Gasteiger partial charge in [0, 0.05) is 18.3 Å². The molecule has 6 heteroatoms. The van der Waals surface area contributed by atoms with Gasteiger partial charge in [-0.1, -0.05) is 0 Å². The summed E-state index contributed by atoms with van der Waals surface area (Å²) in [6, 6.07) is 0. The lowest BCUT2D eigenvalue weighted by Gasteiger charge is -2.09. The maximum atomic E-state index is 12.3. The van der Waals surface area contributed by atoms with Crippen molar-refractivity contribution in [2.75, 3.05) is 5.73 Å². The van der Waals surface area contributed by atoms with Crippen LogP contribution in [0.5, 0.6) is 0 Å². The Kier molecular flexibility index (Phi) is 3.16. The molecule has 0 amide bonds. The summed E-state index contributed by atoms with van der Waals surface area (Å²) in [6.07, 6.45) is -1.40. The second kappa shape index (κ2) is 3.97. The summed E-state index contributed by atoms with van der Waals surface area (Å²) in [5, 5.41) is 0. The summed E-state index contributed by atoms with van der Waals surface area (Å²) in [6.45, 7) is -0.0437. The molecule has 0 radical (unpaired) electrons. The number of alkyl halides is 2. The topological polar surface area (TPSA) is 64.9 Å². The smallest absolute Gasteiger partial charge is 0.280 e. The third-order valence-electron chi connectivity index (χ3n) is 1.62. The third kappa shape index (κ3) is 1.94. The van der Waals surface area contributed by atoms with Gasteiger partial charge >= 0.3 is 0 Å². The molecule has 0 saturated carbocycles. The van der Waals surface area contributed by atoms with Gasteiger partial charge in [0.15, 0.2) is 0 Å². The molecular formula is C7H8BrF2N3. The van der Waals surface area contributed by atoms with Crippen molar-refractivity contribution >= 4 is 21.6 Å². The van der Waals surface area contributed by atoms with E-state index in [1.807, 2.05) is 0 Å². The summed E-state index contributed by atoms with van der Waals surface area (Å²) < 4.78 is 25.2. The highest BCUT2D eigenvalue weighted by atomic mass is 79.9. The van der Waals surface area contributed by atoms with Crippen LogP contribution >= 0.6 is 15.9 Å². The summed E-state index contributed by atoms with van der Waals surface area (Å²) in [5.74, 6) is 0. The Bertz CT molecular complexity index is 317. The Labute approximate surface area is 82.3 Å². The molecule has 1 aromatic rings. The van der Waals surface area contributed by atoms with E-state index < -0.39 is 6.43 Å². The second-order valence-electron chi connectivity index (χ2n) is 2.39. The summed E-state index contributed by atoms with van der Waals surface area (Å²) in [7, 11) is 0. The average molecular weight is 252 g/mol. The fraction of sp³-hybridized carbons (Fsp3) is 0.286. The first-order valence-corrected chi connectivity index (χ1v) is 4.28. The minimum absolute atomic E-state index is 0.0437. The zero-order chi connectivity index (χ0) is 10.0. The van der Waals surface area contributed by atoms with Crippen molar-refractivity contribution in [1.29, 1.82) is 0 Å². The molecule has 0 spiro atoms. The number of pyridine rings is 1. The predicted octanol–water partition coefficient (Wildman–Crippen LogP) is 1.82. The lowest BCUT2D eigenvalue weighted by Crippen LogP contribution is -2.08. The van der Waals surface area contributed by atoms with E-state index in [1.54, 1.807) is 0 Å². The van der Waals surface area contributed by atoms with Crippen LogP contribution < -0.4 is 11.5 Å². The van der Waals surface area contributed by atoms with Gasteiger partial charge in [0.25, 0.3) is 6.43 Å². The SMILES string of the molecule is NCc1c(C(F)F)ncc(Br)c1N. The summed E-state index contributed by atoms with van der Waals surface area (Å²) in [5.41, 5.74) is 10.9. The zero-order valence-electron chi connectivity index (χ0n) is 6.60. The van der Waals surface area contributed by atoms with Gasteiger partial charge in [0.2, 0.25) is 0 Å². The molecule has 0 unspecified atom stereocenters. The van der Waals surface area contributed by atoms with Gasteiger partial charge in [-0.25, -0.2) is 8.78 Å². The van der Waals surface area contributed by atoms with Crippen LogP contribution in [0.25, 0.3) is 0 Å². The highest BCUT2D eigenvalue weighted by Crippen LogP contribution is 2.29. The molecule has 0 bridgehead atoms. The van der Waals surface area contributed by atoms with Gasteiger partial charge < -0.3 is 11.5 Å². The van der Waals surface area contributed by atoms with E-state index in [-0.39, 0.29) is 23.5 Å². The molecular weight excluding hydrogens is 244 g/mol. The van der Waals surface area contributed by atoms with E-state index in [0.29, 0.717) is 4.47 Å². The molecule has 1 heterocycles. The normalized spacial score (nSPS) is 10.8. The number of hydrogen-bond donors (Lipinski definition) is 2. The maximum absolute atomic E-state index is 12.3. The monoisotopic (exact) mass is 251 g/mol. The second-order valence-corrected chi connectivity index (χ2v) is 3.24. The van der Waals surface area contributed by atoms with Crippen LogP contribution in [-0.2, 0) is 6.54 Å². The molecule has 0 atom stereocenters. The highest BCUT2D eigenvalue weighted by molar-refractivity contribution is 9.10. The highest BCUT2D eigenvalue weighted by Gasteiger charge is 2.17. The zero-order valence-corrected chi connectivity index (χ0v) is 8.18. The Balaban J connectivity index is 3.30. The minimum atomic E-state index is -2.64. The third-order valence-corrected chi connectivity index (χ3v) is 2.25. The first-order chi connectivity index (χ1) is 6.07. The van der Waals surface area contributed by atoms with E-state index in [9.17, 15) is 8.78 Å². The number of nitrogen functional groups attached to an aromatic ring is 1. The Morgan fingerprint density at radius 2 is 2.15 bits per heavy atom. The van der Waals surface area contributed by atoms with Gasteiger partial charge in [-0.3, -0.25) is 4.98 Å². The van der Waals surface area contributed by atoms with Gasteiger partial charge in [0.05, 0.1) is 10.2 Å². The standard InChI is InChI=1S/C7H8BrF2N3/c8-4-2-13-6(7(9)10)3(1-11)5(4)12/h2,7H,1,11H2,(H2,12,13). The van der Waals surface area contributed by atoms with Crippen molar-refractivity contribution in [3.63, 3.8) is 0 Å². The first kappa shape index (κ1) is 10.3.